The van der Waals surface area contributed by atoms with Crippen molar-refractivity contribution in [1.29, 1.82) is 0 Å². The molecule has 9 heteroatoms. The molecule has 1 N–H and O–H groups in total. The fraction of sp³-hybridized carbons (Fsp3) is 0.776. The van der Waals surface area contributed by atoms with Crippen LogP contribution in [-0.2, 0) is 33.3 Å². The van der Waals surface area contributed by atoms with Crippen LogP contribution < -0.4 is 0 Å². The Morgan fingerprint density at radius 1 is 0.463 bits per heavy atom. The lowest BCUT2D eigenvalue weighted by Gasteiger charge is -2.25. The molecule has 0 aromatic carbocycles. The molecule has 67 heavy (non-hydrogen) atoms. The van der Waals surface area contributed by atoms with Gasteiger partial charge in [-0.1, -0.05) is 222 Å². The molecule has 0 spiro atoms. The molecule has 9 nitrogen and oxygen atoms in total. The lowest BCUT2D eigenvalue weighted by molar-refractivity contribution is -0.870. The first-order valence-corrected chi connectivity index (χ1v) is 27.5. The van der Waals surface area contributed by atoms with Gasteiger partial charge in [-0.3, -0.25) is 9.59 Å². The van der Waals surface area contributed by atoms with Crippen molar-refractivity contribution in [2.24, 2.45) is 0 Å². The molecule has 0 bridgehead atoms. The van der Waals surface area contributed by atoms with Crippen LogP contribution in [0.15, 0.2) is 60.8 Å². The first kappa shape index (κ1) is 64.0. The van der Waals surface area contributed by atoms with Gasteiger partial charge in [-0.2, -0.15) is 0 Å². The Bertz CT molecular complexity index is 1280. The summed E-state index contributed by atoms with van der Waals surface area (Å²) in [5, 5.41) is 9.69. The van der Waals surface area contributed by atoms with Crippen LogP contribution in [0.5, 0.6) is 0 Å². The van der Waals surface area contributed by atoms with Crippen LogP contribution in [0.25, 0.3) is 0 Å². The molecule has 0 heterocycles. The average Bonchev–Trinajstić information content (AvgIpc) is 3.29. The van der Waals surface area contributed by atoms with Gasteiger partial charge in [-0.05, 0) is 57.8 Å². The largest absolute Gasteiger partial charge is 0.477 e. The van der Waals surface area contributed by atoms with Crippen LogP contribution in [0, 0.1) is 0 Å². The molecule has 0 aliphatic carbocycles. The van der Waals surface area contributed by atoms with Crippen molar-refractivity contribution in [3.05, 3.63) is 60.8 Å². The van der Waals surface area contributed by atoms with Gasteiger partial charge in [-0.15, -0.1) is 0 Å². The van der Waals surface area contributed by atoms with Gasteiger partial charge in [0.05, 0.1) is 34.4 Å². The van der Waals surface area contributed by atoms with E-state index in [0.717, 1.165) is 77.0 Å². The third-order valence-electron chi connectivity index (χ3n) is 11.8. The van der Waals surface area contributed by atoms with Gasteiger partial charge in [0.25, 0.3) is 6.29 Å². The van der Waals surface area contributed by atoms with Crippen molar-refractivity contribution >= 4 is 17.9 Å². The maximum Gasteiger partial charge on any atom is 0.361 e. The van der Waals surface area contributed by atoms with Crippen LogP contribution in [0.1, 0.15) is 232 Å². The zero-order valence-electron chi connectivity index (χ0n) is 44.1. The Hall–Kier alpha value is -3.01. The van der Waals surface area contributed by atoms with E-state index in [1.165, 1.54) is 122 Å². The molecule has 0 saturated heterocycles. The Labute approximate surface area is 412 Å². The number of carboxylic acids is 1. The van der Waals surface area contributed by atoms with E-state index < -0.39 is 24.3 Å². The Morgan fingerprint density at radius 2 is 0.851 bits per heavy atom. The predicted molar refractivity (Wildman–Crippen MR) is 281 cm³/mol. The summed E-state index contributed by atoms with van der Waals surface area (Å²) >= 11 is 0. The molecule has 0 rings (SSSR count). The molecule has 0 radical (unpaired) electrons. The van der Waals surface area contributed by atoms with Crippen LogP contribution in [-0.4, -0.2) is 87.4 Å². The number of allylic oxidation sites excluding steroid dienone is 10. The monoisotopic (exact) mass is 943 g/mol. The molecule has 0 aliphatic heterocycles. The van der Waals surface area contributed by atoms with E-state index in [1.807, 2.05) is 21.1 Å². The first-order chi connectivity index (χ1) is 32.6. The third kappa shape index (κ3) is 50.7. The van der Waals surface area contributed by atoms with Gasteiger partial charge in [0.15, 0.2) is 6.10 Å². The number of aliphatic carboxylic acids is 1. The second-order valence-electron chi connectivity index (χ2n) is 19.5. The summed E-state index contributed by atoms with van der Waals surface area (Å²) in [5.41, 5.74) is 0. The summed E-state index contributed by atoms with van der Waals surface area (Å²) in [6.45, 7) is 4.78. The zero-order valence-corrected chi connectivity index (χ0v) is 44.1. The van der Waals surface area contributed by atoms with E-state index in [4.69, 9.17) is 18.9 Å². The van der Waals surface area contributed by atoms with Crippen LogP contribution in [0.3, 0.4) is 0 Å². The third-order valence-corrected chi connectivity index (χ3v) is 11.8. The number of hydrogen-bond donors (Lipinski definition) is 1. The SMILES string of the molecule is CC/C=C\C/C=C\C/C=C\C/C=C\C/C=C\CCCCCCCCCCCC(=O)OC(COC(=O)CCCCCCCCCCCCCCCCCCC)COC(OCC[N+](C)(C)C)C(=O)O. The molecule has 0 aliphatic rings. The Kier molecular flexibility index (Phi) is 47.2. The molecule has 2 unspecified atom stereocenters. The molecule has 0 fully saturated rings. The number of hydrogen-bond acceptors (Lipinski definition) is 7. The van der Waals surface area contributed by atoms with Gasteiger partial charge in [0, 0.05) is 12.8 Å². The molecular formula is C58H104NO8+. The second kappa shape index (κ2) is 49.4. The highest BCUT2D eigenvalue weighted by molar-refractivity contribution is 5.71. The summed E-state index contributed by atoms with van der Waals surface area (Å²) in [6, 6.07) is 0. The number of nitrogens with zero attached hydrogens (tertiary/aromatic N) is 1. The highest BCUT2D eigenvalue weighted by Gasteiger charge is 2.25. The summed E-state index contributed by atoms with van der Waals surface area (Å²) in [7, 11) is 5.96. The minimum absolute atomic E-state index is 0.183. The summed E-state index contributed by atoms with van der Waals surface area (Å²) in [4.78, 5) is 37.4. The van der Waals surface area contributed by atoms with Crippen molar-refractivity contribution in [1.82, 2.24) is 0 Å². The van der Waals surface area contributed by atoms with Gasteiger partial charge >= 0.3 is 17.9 Å². The minimum atomic E-state index is -1.51. The van der Waals surface area contributed by atoms with E-state index in [9.17, 15) is 19.5 Å². The van der Waals surface area contributed by atoms with E-state index in [-0.39, 0.29) is 32.2 Å². The molecule has 388 valence electrons. The van der Waals surface area contributed by atoms with Gasteiger partial charge in [0.1, 0.15) is 13.2 Å². The van der Waals surface area contributed by atoms with Crippen molar-refractivity contribution in [3.8, 4) is 0 Å². The summed E-state index contributed by atoms with van der Waals surface area (Å²) < 4.78 is 22.9. The number of unbranched alkanes of at least 4 members (excludes halogenated alkanes) is 25. The van der Waals surface area contributed by atoms with Crippen LogP contribution in [0.2, 0.25) is 0 Å². The molecule has 0 amide bonds. The van der Waals surface area contributed by atoms with E-state index >= 15 is 0 Å². The maximum atomic E-state index is 12.9. The van der Waals surface area contributed by atoms with Crippen molar-refractivity contribution in [3.63, 3.8) is 0 Å². The lowest BCUT2D eigenvalue weighted by atomic mass is 10.0. The van der Waals surface area contributed by atoms with Crippen molar-refractivity contribution in [2.75, 3.05) is 47.5 Å². The normalized spacial score (nSPS) is 13.3. The van der Waals surface area contributed by atoms with Crippen LogP contribution >= 0.6 is 0 Å². The molecule has 0 saturated carbocycles. The highest BCUT2D eigenvalue weighted by atomic mass is 16.7. The van der Waals surface area contributed by atoms with E-state index in [1.54, 1.807) is 0 Å². The molecular weight excluding hydrogens is 839 g/mol. The molecule has 0 aromatic rings. The first-order valence-electron chi connectivity index (χ1n) is 27.5. The fourth-order valence-corrected chi connectivity index (χ4v) is 7.57. The number of esters is 2. The number of ether oxygens (including phenoxy) is 4. The highest BCUT2D eigenvalue weighted by Crippen LogP contribution is 2.16. The smallest absolute Gasteiger partial charge is 0.361 e. The average molecular weight is 943 g/mol. The number of carbonyl (C=O) groups excluding carboxylic acids is 2. The van der Waals surface area contributed by atoms with Gasteiger partial charge in [-0.25, -0.2) is 4.79 Å². The number of carbonyl (C=O) groups is 3. The van der Waals surface area contributed by atoms with Gasteiger partial charge < -0.3 is 28.5 Å². The number of quaternary nitrogens is 1. The second-order valence-corrected chi connectivity index (χ2v) is 19.5. The lowest BCUT2D eigenvalue weighted by Crippen LogP contribution is -2.40. The van der Waals surface area contributed by atoms with Crippen molar-refractivity contribution in [2.45, 2.75) is 245 Å². The topological polar surface area (TPSA) is 108 Å². The fourth-order valence-electron chi connectivity index (χ4n) is 7.57. The van der Waals surface area contributed by atoms with Crippen molar-refractivity contribution < 1.29 is 42.9 Å². The number of likely N-dealkylation sites (N-methyl/N-ethyl adjacent to an activating group) is 1. The zero-order chi connectivity index (χ0) is 49.2. The molecule has 0 aromatic heterocycles. The molecule has 2 atom stereocenters. The minimum Gasteiger partial charge on any atom is -0.477 e. The number of rotatable bonds is 50. The quantitative estimate of drug-likeness (QED) is 0.0211. The maximum absolute atomic E-state index is 12.9. The Morgan fingerprint density at radius 3 is 1.27 bits per heavy atom. The predicted octanol–water partition coefficient (Wildman–Crippen LogP) is 15.7. The van der Waals surface area contributed by atoms with E-state index in [2.05, 4.69) is 74.6 Å². The summed E-state index contributed by atoms with van der Waals surface area (Å²) in [6.07, 6.45) is 58.5. The Balaban J connectivity index is 4.29. The van der Waals surface area contributed by atoms with Gasteiger partial charge in [0.2, 0.25) is 0 Å². The number of carboxylic acid groups (broad SMARTS) is 1. The van der Waals surface area contributed by atoms with E-state index in [0.29, 0.717) is 23.9 Å². The summed E-state index contributed by atoms with van der Waals surface area (Å²) in [5.74, 6) is -2.01. The van der Waals surface area contributed by atoms with Crippen LogP contribution in [0.4, 0.5) is 0 Å². The standard InChI is InChI=1S/C58H103NO8/c1-6-8-10-12-14-16-18-20-22-24-25-26-27-28-29-30-31-33-35-37-39-41-43-45-47-49-56(61)67-54(53-66-58(57(62)63)64-51-50-59(3,4)5)52-65-55(60)48-46-44-42-40-38-36-34-32-23-21-19-17-15-13-11-9-7-2/h8,10,14,16,20,22,25-26,28-29,54,58H,6-7,9,11-13,15,17-19,21,23-24,27,30-53H2,1-5H3/p+1/b10-8-,16-14-,22-20-,26-25-,29-28-.